The van der Waals surface area contributed by atoms with Gasteiger partial charge in [0.2, 0.25) is 0 Å². The Labute approximate surface area is 170 Å². The van der Waals surface area contributed by atoms with Gasteiger partial charge in [-0.25, -0.2) is 4.98 Å². The molecule has 3 aromatic rings. The molecule has 0 amide bonds. The predicted molar refractivity (Wildman–Crippen MR) is 105 cm³/mol. The van der Waals surface area contributed by atoms with Crippen molar-refractivity contribution in [2.24, 2.45) is 0 Å². The van der Waals surface area contributed by atoms with Gasteiger partial charge < -0.3 is 10.5 Å². The standard InChI is InChI=1S/C22H15F3N4O/c1-2-30-16-9-5-14(6-10-16)20-17(11-26)19(18(12-27)21(28)29-20)13-3-7-15(8-4-13)22(23,24)25/h3-10H,2H2,1H3,(H2,28,29). The minimum Gasteiger partial charge on any atom is -0.494 e. The average molecular weight is 408 g/mol. The number of benzene rings is 2. The maximum atomic E-state index is 12.9. The van der Waals surface area contributed by atoms with E-state index < -0.39 is 11.7 Å². The van der Waals surface area contributed by atoms with Crippen LogP contribution >= 0.6 is 0 Å². The lowest BCUT2D eigenvalue weighted by Crippen LogP contribution is -2.06. The van der Waals surface area contributed by atoms with Crippen LogP contribution in [0.3, 0.4) is 0 Å². The number of aromatic nitrogens is 1. The summed E-state index contributed by atoms with van der Waals surface area (Å²) in [6.45, 7) is 2.34. The van der Waals surface area contributed by atoms with Gasteiger partial charge in [0.25, 0.3) is 0 Å². The van der Waals surface area contributed by atoms with Gasteiger partial charge in [-0.3, -0.25) is 0 Å². The Bertz CT molecular complexity index is 1160. The Kier molecular flexibility index (Phi) is 5.61. The average Bonchev–Trinajstić information content (AvgIpc) is 2.73. The maximum absolute atomic E-state index is 12.9. The summed E-state index contributed by atoms with van der Waals surface area (Å²) in [6.07, 6.45) is -4.50. The third-order valence-electron chi connectivity index (χ3n) is 4.39. The van der Waals surface area contributed by atoms with E-state index in [1.165, 1.54) is 12.1 Å². The number of halogens is 3. The van der Waals surface area contributed by atoms with Crippen LogP contribution in [0.4, 0.5) is 19.0 Å². The van der Waals surface area contributed by atoms with Crippen molar-refractivity contribution in [3.05, 3.63) is 65.2 Å². The highest BCUT2D eigenvalue weighted by Gasteiger charge is 2.30. The van der Waals surface area contributed by atoms with Crippen LogP contribution < -0.4 is 10.5 Å². The van der Waals surface area contributed by atoms with Crippen LogP contribution in [0.25, 0.3) is 22.4 Å². The van der Waals surface area contributed by atoms with Crippen LogP contribution in [0.5, 0.6) is 5.75 Å². The molecule has 30 heavy (non-hydrogen) atoms. The lowest BCUT2D eigenvalue weighted by atomic mass is 9.92. The number of anilines is 1. The molecule has 0 unspecified atom stereocenters. The molecule has 0 fully saturated rings. The number of nitrogens with two attached hydrogens (primary N) is 1. The molecule has 0 bridgehead atoms. The highest BCUT2D eigenvalue weighted by atomic mass is 19.4. The normalized spacial score (nSPS) is 10.9. The molecular weight excluding hydrogens is 393 g/mol. The SMILES string of the molecule is CCOc1ccc(-c2nc(N)c(C#N)c(-c3ccc(C(F)(F)F)cc3)c2C#N)cc1. The van der Waals surface area contributed by atoms with E-state index in [-0.39, 0.29) is 33.8 Å². The summed E-state index contributed by atoms with van der Waals surface area (Å²) in [4.78, 5) is 4.22. The van der Waals surface area contributed by atoms with Crippen molar-refractivity contribution >= 4 is 5.82 Å². The van der Waals surface area contributed by atoms with Crippen molar-refractivity contribution in [1.82, 2.24) is 4.98 Å². The molecule has 1 heterocycles. The van der Waals surface area contributed by atoms with E-state index in [9.17, 15) is 23.7 Å². The van der Waals surface area contributed by atoms with Gasteiger partial charge in [0.15, 0.2) is 0 Å². The Balaban J connectivity index is 2.22. The Hall–Kier alpha value is -4.04. The minimum absolute atomic E-state index is 0.0460. The molecule has 1 aromatic heterocycles. The summed E-state index contributed by atoms with van der Waals surface area (Å²) in [5.74, 6) is 0.514. The molecule has 0 atom stereocenters. The highest BCUT2D eigenvalue weighted by molar-refractivity contribution is 5.87. The first kappa shape index (κ1) is 20.7. The molecule has 0 saturated heterocycles. The molecule has 150 valence electrons. The molecule has 0 radical (unpaired) electrons. The molecule has 2 aromatic carbocycles. The molecule has 3 rings (SSSR count). The summed E-state index contributed by atoms with van der Waals surface area (Å²) in [7, 11) is 0. The summed E-state index contributed by atoms with van der Waals surface area (Å²) < 4.78 is 44.1. The topological polar surface area (TPSA) is 95.7 Å². The predicted octanol–water partition coefficient (Wildman–Crippen LogP) is 5.16. The number of hydrogen-bond acceptors (Lipinski definition) is 5. The molecule has 0 aliphatic carbocycles. The van der Waals surface area contributed by atoms with E-state index in [0.29, 0.717) is 17.9 Å². The monoisotopic (exact) mass is 408 g/mol. The van der Waals surface area contributed by atoms with E-state index in [1.54, 1.807) is 24.3 Å². The molecule has 0 aliphatic heterocycles. The van der Waals surface area contributed by atoms with Crippen molar-refractivity contribution in [3.8, 4) is 40.3 Å². The van der Waals surface area contributed by atoms with E-state index in [0.717, 1.165) is 12.1 Å². The first-order chi connectivity index (χ1) is 14.3. The van der Waals surface area contributed by atoms with Gasteiger partial charge in [-0.05, 0) is 48.9 Å². The fourth-order valence-electron chi connectivity index (χ4n) is 3.02. The van der Waals surface area contributed by atoms with Crippen molar-refractivity contribution < 1.29 is 17.9 Å². The Morgan fingerprint density at radius 1 is 0.933 bits per heavy atom. The van der Waals surface area contributed by atoms with E-state index >= 15 is 0 Å². The fraction of sp³-hybridized carbons (Fsp3) is 0.136. The summed E-state index contributed by atoms with van der Waals surface area (Å²) in [5.41, 5.74) is 6.29. The van der Waals surface area contributed by atoms with Gasteiger partial charge in [-0.1, -0.05) is 12.1 Å². The van der Waals surface area contributed by atoms with Crippen LogP contribution in [0.15, 0.2) is 48.5 Å². The zero-order valence-corrected chi connectivity index (χ0v) is 15.8. The Morgan fingerprint density at radius 3 is 2.00 bits per heavy atom. The molecule has 0 aliphatic rings. The van der Waals surface area contributed by atoms with Crippen LogP contribution in [0.2, 0.25) is 0 Å². The van der Waals surface area contributed by atoms with Crippen LogP contribution in [-0.2, 0) is 6.18 Å². The van der Waals surface area contributed by atoms with E-state index in [4.69, 9.17) is 10.5 Å². The molecule has 5 nitrogen and oxygen atoms in total. The number of pyridine rings is 1. The van der Waals surface area contributed by atoms with Gasteiger partial charge >= 0.3 is 6.18 Å². The van der Waals surface area contributed by atoms with Crippen molar-refractivity contribution in [3.63, 3.8) is 0 Å². The largest absolute Gasteiger partial charge is 0.494 e. The molecule has 2 N–H and O–H groups in total. The number of hydrogen-bond donors (Lipinski definition) is 1. The molecule has 0 saturated carbocycles. The third kappa shape index (κ3) is 3.89. The lowest BCUT2D eigenvalue weighted by molar-refractivity contribution is -0.137. The summed E-state index contributed by atoms with van der Waals surface area (Å²) >= 11 is 0. The van der Waals surface area contributed by atoms with Crippen LogP contribution in [0, 0.1) is 22.7 Å². The number of alkyl halides is 3. The number of nitrogen functional groups attached to an aromatic ring is 1. The summed E-state index contributed by atoms with van der Waals surface area (Å²) in [6, 6.07) is 14.9. The van der Waals surface area contributed by atoms with Gasteiger partial charge in [0, 0.05) is 11.1 Å². The smallest absolute Gasteiger partial charge is 0.416 e. The Morgan fingerprint density at radius 2 is 1.50 bits per heavy atom. The van der Waals surface area contributed by atoms with Gasteiger partial charge in [-0.15, -0.1) is 0 Å². The van der Waals surface area contributed by atoms with Crippen LogP contribution in [0.1, 0.15) is 23.6 Å². The highest BCUT2D eigenvalue weighted by Crippen LogP contribution is 2.37. The molecular formula is C22H15F3N4O. The molecule has 8 heteroatoms. The number of ether oxygens (including phenoxy) is 1. The summed E-state index contributed by atoms with van der Waals surface area (Å²) in [5, 5.41) is 19.4. The van der Waals surface area contributed by atoms with Crippen molar-refractivity contribution in [1.29, 1.82) is 10.5 Å². The van der Waals surface area contributed by atoms with E-state index in [1.807, 2.05) is 19.1 Å². The van der Waals surface area contributed by atoms with Crippen molar-refractivity contribution in [2.75, 3.05) is 12.3 Å². The van der Waals surface area contributed by atoms with Gasteiger partial charge in [0.1, 0.15) is 29.3 Å². The minimum atomic E-state index is -4.50. The van der Waals surface area contributed by atoms with E-state index in [2.05, 4.69) is 4.98 Å². The fourth-order valence-corrected chi connectivity index (χ4v) is 3.02. The number of nitriles is 2. The van der Waals surface area contributed by atoms with Gasteiger partial charge in [0.05, 0.1) is 23.4 Å². The first-order valence-electron chi connectivity index (χ1n) is 8.84. The van der Waals surface area contributed by atoms with Gasteiger partial charge in [-0.2, -0.15) is 23.7 Å². The maximum Gasteiger partial charge on any atom is 0.416 e. The second-order valence-corrected chi connectivity index (χ2v) is 6.23. The second kappa shape index (κ2) is 8.14. The number of rotatable bonds is 4. The zero-order valence-electron chi connectivity index (χ0n) is 15.8. The molecule has 0 spiro atoms. The van der Waals surface area contributed by atoms with Crippen molar-refractivity contribution in [2.45, 2.75) is 13.1 Å². The van der Waals surface area contributed by atoms with Crippen LogP contribution in [-0.4, -0.2) is 11.6 Å². The first-order valence-corrected chi connectivity index (χ1v) is 8.84. The third-order valence-corrected chi connectivity index (χ3v) is 4.39. The lowest BCUT2D eigenvalue weighted by Gasteiger charge is -2.14. The second-order valence-electron chi connectivity index (χ2n) is 6.23. The quantitative estimate of drug-likeness (QED) is 0.643. The number of nitrogens with zero attached hydrogens (tertiary/aromatic N) is 3. The zero-order chi connectivity index (χ0) is 21.9.